The number of pyridine rings is 1. The monoisotopic (exact) mass is 412 g/mol. The molecular weight excluding hydrogens is 396 g/mol. The van der Waals surface area contributed by atoms with Crippen molar-refractivity contribution in [2.24, 2.45) is 5.10 Å². The second kappa shape index (κ2) is 8.98. The van der Waals surface area contributed by atoms with E-state index in [0.29, 0.717) is 28.0 Å². The fraction of sp³-hybridized carbons (Fsp3) is 0.105. The minimum Gasteiger partial charge on any atom is -0.481 e. The Bertz CT molecular complexity index is 1050. The molecule has 0 spiro atoms. The molecule has 0 aliphatic heterocycles. The van der Waals surface area contributed by atoms with Crippen LogP contribution in [-0.2, 0) is 9.59 Å². The van der Waals surface area contributed by atoms with Crippen molar-refractivity contribution in [1.29, 1.82) is 0 Å². The molecule has 10 heteroatoms. The van der Waals surface area contributed by atoms with E-state index < -0.39 is 11.8 Å². The third-order valence-electron chi connectivity index (χ3n) is 3.82. The first-order valence-corrected chi connectivity index (χ1v) is 8.82. The van der Waals surface area contributed by atoms with E-state index in [9.17, 15) is 9.59 Å². The number of benzene rings is 1. The zero-order valence-electron chi connectivity index (χ0n) is 15.6. The topological polar surface area (TPSA) is 110 Å². The number of nitrogens with one attached hydrogen (secondary N) is 2. The fourth-order valence-corrected chi connectivity index (χ4v) is 2.69. The molecule has 0 aliphatic carbocycles. The summed E-state index contributed by atoms with van der Waals surface area (Å²) in [6.07, 6.45) is 2.71. The Labute approximate surface area is 171 Å². The van der Waals surface area contributed by atoms with Crippen LogP contribution in [0.2, 0.25) is 5.15 Å². The second-order valence-corrected chi connectivity index (χ2v) is 6.14. The number of aromatic nitrogens is 3. The lowest BCUT2D eigenvalue weighted by atomic mass is 10.3. The number of methoxy groups -OCH3 is 1. The van der Waals surface area contributed by atoms with Gasteiger partial charge in [0.25, 0.3) is 0 Å². The number of carbonyl (C=O) groups is 2. The molecule has 0 atom stereocenters. The van der Waals surface area contributed by atoms with Gasteiger partial charge in [-0.1, -0.05) is 29.8 Å². The largest absolute Gasteiger partial charge is 0.481 e. The standard InChI is InChI=1S/C19H17ClN6O3/c1-12-15(17(20)26(25-12)14-6-4-3-5-7-14)11-22-24-19(28)18(27)23-13-8-9-16(29-2)21-10-13/h3-11H,1-2H3,(H,23,27)(H,24,28)/b22-11+. The molecule has 9 nitrogen and oxygen atoms in total. The van der Waals surface area contributed by atoms with Crippen LogP contribution in [0.25, 0.3) is 5.69 Å². The van der Waals surface area contributed by atoms with Crippen LogP contribution in [-0.4, -0.2) is 39.9 Å². The van der Waals surface area contributed by atoms with Crippen LogP contribution in [0.5, 0.6) is 5.88 Å². The summed E-state index contributed by atoms with van der Waals surface area (Å²) in [5.74, 6) is -1.45. The van der Waals surface area contributed by atoms with Gasteiger partial charge >= 0.3 is 11.8 Å². The highest BCUT2D eigenvalue weighted by Gasteiger charge is 2.15. The third-order valence-corrected chi connectivity index (χ3v) is 4.18. The Balaban J connectivity index is 1.64. The first-order chi connectivity index (χ1) is 14.0. The van der Waals surface area contributed by atoms with Gasteiger partial charge in [-0.3, -0.25) is 9.59 Å². The van der Waals surface area contributed by atoms with Crippen molar-refractivity contribution in [2.75, 3.05) is 12.4 Å². The highest BCUT2D eigenvalue weighted by molar-refractivity contribution is 6.39. The normalized spacial score (nSPS) is 10.7. The lowest BCUT2D eigenvalue weighted by Gasteiger charge is -2.04. The van der Waals surface area contributed by atoms with E-state index in [2.05, 4.69) is 25.9 Å². The summed E-state index contributed by atoms with van der Waals surface area (Å²) in [6, 6.07) is 12.5. The maximum Gasteiger partial charge on any atom is 0.329 e. The van der Waals surface area contributed by atoms with Gasteiger partial charge in [0.1, 0.15) is 5.15 Å². The molecule has 0 fully saturated rings. The lowest BCUT2D eigenvalue weighted by Crippen LogP contribution is -2.32. The Hall–Kier alpha value is -3.72. The molecule has 2 amide bonds. The number of halogens is 1. The Kier molecular flexibility index (Phi) is 6.20. The van der Waals surface area contributed by atoms with Crippen LogP contribution in [0.4, 0.5) is 5.69 Å². The van der Waals surface area contributed by atoms with Crippen molar-refractivity contribution in [1.82, 2.24) is 20.2 Å². The van der Waals surface area contributed by atoms with Crippen molar-refractivity contribution in [3.8, 4) is 11.6 Å². The van der Waals surface area contributed by atoms with Gasteiger partial charge in [-0.25, -0.2) is 15.1 Å². The van der Waals surface area contributed by atoms with Crippen LogP contribution >= 0.6 is 11.6 Å². The summed E-state index contributed by atoms with van der Waals surface area (Å²) in [6.45, 7) is 1.76. The number of ether oxygens (including phenoxy) is 1. The number of amides is 2. The Morgan fingerprint density at radius 2 is 1.93 bits per heavy atom. The third kappa shape index (κ3) is 4.77. The molecule has 2 N–H and O–H groups in total. The van der Waals surface area contributed by atoms with Crippen molar-refractivity contribution < 1.29 is 14.3 Å². The summed E-state index contributed by atoms with van der Waals surface area (Å²) >= 11 is 6.37. The number of hydrogen-bond donors (Lipinski definition) is 2. The molecule has 0 unspecified atom stereocenters. The highest BCUT2D eigenvalue weighted by Crippen LogP contribution is 2.21. The smallest absolute Gasteiger partial charge is 0.329 e. The van der Waals surface area contributed by atoms with Crippen LogP contribution in [0.1, 0.15) is 11.3 Å². The molecule has 0 radical (unpaired) electrons. The molecule has 0 saturated heterocycles. The minimum atomic E-state index is -0.943. The molecule has 1 aromatic carbocycles. The van der Waals surface area contributed by atoms with Gasteiger partial charge in [0, 0.05) is 6.07 Å². The Morgan fingerprint density at radius 1 is 1.17 bits per heavy atom. The fourth-order valence-electron chi connectivity index (χ4n) is 2.37. The molecule has 2 aromatic heterocycles. The van der Waals surface area contributed by atoms with Crippen molar-refractivity contribution in [3.05, 3.63) is 65.1 Å². The molecule has 148 valence electrons. The predicted molar refractivity (Wildman–Crippen MR) is 108 cm³/mol. The summed E-state index contributed by atoms with van der Waals surface area (Å²) in [4.78, 5) is 27.8. The number of para-hydroxylation sites is 1. The lowest BCUT2D eigenvalue weighted by molar-refractivity contribution is -0.136. The van der Waals surface area contributed by atoms with E-state index in [1.54, 1.807) is 23.7 Å². The van der Waals surface area contributed by atoms with Gasteiger partial charge < -0.3 is 10.1 Å². The zero-order valence-corrected chi connectivity index (χ0v) is 16.3. The number of anilines is 1. The van der Waals surface area contributed by atoms with Crippen LogP contribution in [0.3, 0.4) is 0 Å². The van der Waals surface area contributed by atoms with E-state index in [-0.39, 0.29) is 0 Å². The summed E-state index contributed by atoms with van der Waals surface area (Å²) in [5, 5.41) is 10.9. The van der Waals surface area contributed by atoms with Crippen molar-refractivity contribution >= 4 is 35.3 Å². The number of carbonyl (C=O) groups excluding carboxylic acids is 2. The predicted octanol–water partition coefficient (Wildman–Crippen LogP) is 2.33. The number of rotatable bonds is 5. The van der Waals surface area contributed by atoms with Gasteiger partial charge in [0.05, 0.1) is 42.2 Å². The van der Waals surface area contributed by atoms with E-state index in [4.69, 9.17) is 16.3 Å². The number of hydrazone groups is 1. The summed E-state index contributed by atoms with van der Waals surface area (Å²) < 4.78 is 6.49. The van der Waals surface area contributed by atoms with E-state index in [1.165, 1.54) is 19.5 Å². The maximum atomic E-state index is 11.9. The van der Waals surface area contributed by atoms with Crippen molar-refractivity contribution in [2.45, 2.75) is 6.92 Å². The number of nitrogens with zero attached hydrogens (tertiary/aromatic N) is 4. The van der Waals surface area contributed by atoms with Gasteiger partial charge in [-0.05, 0) is 25.1 Å². The Morgan fingerprint density at radius 3 is 2.59 bits per heavy atom. The first-order valence-electron chi connectivity index (χ1n) is 8.44. The van der Waals surface area contributed by atoms with Crippen molar-refractivity contribution in [3.63, 3.8) is 0 Å². The summed E-state index contributed by atoms with van der Waals surface area (Å²) in [5.41, 5.74) is 4.43. The van der Waals surface area contributed by atoms with Crippen LogP contribution < -0.4 is 15.5 Å². The molecule has 3 aromatic rings. The van der Waals surface area contributed by atoms with Crippen LogP contribution in [0, 0.1) is 6.92 Å². The molecule has 2 heterocycles. The average molecular weight is 413 g/mol. The van der Waals surface area contributed by atoms with E-state index in [1.807, 2.05) is 30.3 Å². The molecular formula is C19H17ClN6O3. The SMILES string of the molecule is COc1ccc(NC(=O)C(=O)N/N=C/c2c(C)nn(-c3ccccc3)c2Cl)cn1. The van der Waals surface area contributed by atoms with Crippen LogP contribution in [0.15, 0.2) is 53.8 Å². The van der Waals surface area contributed by atoms with Gasteiger partial charge in [-0.15, -0.1) is 0 Å². The molecule has 29 heavy (non-hydrogen) atoms. The molecule has 0 bridgehead atoms. The molecule has 0 saturated carbocycles. The quantitative estimate of drug-likeness (QED) is 0.379. The highest BCUT2D eigenvalue weighted by atomic mass is 35.5. The summed E-state index contributed by atoms with van der Waals surface area (Å²) in [7, 11) is 1.48. The first kappa shape index (κ1) is 20.0. The van der Waals surface area contributed by atoms with Gasteiger partial charge in [0.2, 0.25) is 5.88 Å². The molecule has 3 rings (SSSR count). The van der Waals surface area contributed by atoms with E-state index in [0.717, 1.165) is 5.69 Å². The molecule has 0 aliphatic rings. The van der Waals surface area contributed by atoms with Gasteiger partial charge in [0.15, 0.2) is 0 Å². The zero-order chi connectivity index (χ0) is 20.8. The van der Waals surface area contributed by atoms with E-state index >= 15 is 0 Å². The van der Waals surface area contributed by atoms with Gasteiger partial charge in [-0.2, -0.15) is 10.2 Å². The minimum absolute atomic E-state index is 0.334. The number of hydrogen-bond acceptors (Lipinski definition) is 6. The second-order valence-electron chi connectivity index (χ2n) is 5.78. The maximum absolute atomic E-state index is 11.9. The number of aryl methyl sites for hydroxylation is 1. The average Bonchev–Trinajstić information content (AvgIpc) is 3.03.